The van der Waals surface area contributed by atoms with E-state index in [0.717, 1.165) is 40.2 Å². The first kappa shape index (κ1) is 14.3. The highest BCUT2D eigenvalue weighted by atomic mass is 79.9. The topological polar surface area (TPSA) is 47.0 Å². The Bertz CT molecular complexity index is 467. The number of rotatable bonds is 5. The summed E-state index contributed by atoms with van der Waals surface area (Å²) in [7, 11) is 1.71. The fourth-order valence-electron chi connectivity index (χ4n) is 3.76. The van der Waals surface area contributed by atoms with Crippen LogP contribution < -0.4 is 5.32 Å². The Labute approximate surface area is 128 Å². The van der Waals surface area contributed by atoms with E-state index in [1.165, 1.54) is 25.7 Å². The second-order valence-electron chi connectivity index (χ2n) is 5.94. The van der Waals surface area contributed by atoms with Crippen LogP contribution in [0.1, 0.15) is 50.0 Å². The summed E-state index contributed by atoms with van der Waals surface area (Å²) in [4.78, 5) is 9.56. The van der Waals surface area contributed by atoms with Crippen molar-refractivity contribution in [3.8, 4) is 0 Å². The van der Waals surface area contributed by atoms with E-state index >= 15 is 0 Å². The number of hydrogen-bond donors (Lipinski definition) is 1. The Morgan fingerprint density at radius 2 is 2.15 bits per heavy atom. The normalized spacial score (nSPS) is 28.1. The standard InChI is InChI=1S/C15H22BrN3O/c1-3-17-15-13(16)12(8-20-2)18-14(19-15)11-7-9-4-5-10(11)6-9/h9-11H,3-8H2,1-2H3,(H,17,18,19). The van der Waals surface area contributed by atoms with Crippen LogP contribution in [0.3, 0.4) is 0 Å². The number of anilines is 1. The van der Waals surface area contributed by atoms with Gasteiger partial charge in [-0.15, -0.1) is 0 Å². The molecule has 5 heteroatoms. The van der Waals surface area contributed by atoms with E-state index in [9.17, 15) is 0 Å². The largest absolute Gasteiger partial charge is 0.378 e. The lowest BCUT2D eigenvalue weighted by Crippen LogP contribution is -2.16. The van der Waals surface area contributed by atoms with E-state index in [2.05, 4.69) is 28.2 Å². The number of nitrogens with one attached hydrogen (secondary N) is 1. The number of aromatic nitrogens is 2. The average molecular weight is 340 g/mol. The molecule has 0 radical (unpaired) electrons. The molecule has 0 spiro atoms. The number of hydrogen-bond acceptors (Lipinski definition) is 4. The summed E-state index contributed by atoms with van der Waals surface area (Å²) in [6.07, 6.45) is 5.40. The van der Waals surface area contributed by atoms with Gasteiger partial charge in [0.1, 0.15) is 11.6 Å². The maximum Gasteiger partial charge on any atom is 0.144 e. The predicted octanol–water partition coefficient (Wildman–Crippen LogP) is 3.72. The van der Waals surface area contributed by atoms with Gasteiger partial charge in [-0.3, -0.25) is 0 Å². The van der Waals surface area contributed by atoms with E-state index in [-0.39, 0.29) is 0 Å². The molecule has 110 valence electrons. The Morgan fingerprint density at radius 1 is 1.30 bits per heavy atom. The van der Waals surface area contributed by atoms with Gasteiger partial charge in [0.25, 0.3) is 0 Å². The fraction of sp³-hybridized carbons (Fsp3) is 0.733. The molecule has 4 nitrogen and oxygen atoms in total. The molecular formula is C15H22BrN3O. The molecule has 2 aliphatic rings. The third-order valence-corrected chi connectivity index (χ3v) is 5.47. The second kappa shape index (κ2) is 5.98. The highest BCUT2D eigenvalue weighted by Crippen LogP contribution is 2.52. The average Bonchev–Trinajstić information content (AvgIpc) is 3.06. The molecule has 1 N–H and O–H groups in total. The maximum absolute atomic E-state index is 5.27. The molecule has 1 aromatic heterocycles. The summed E-state index contributed by atoms with van der Waals surface area (Å²) in [5.41, 5.74) is 0.955. The van der Waals surface area contributed by atoms with Crippen molar-refractivity contribution in [3.63, 3.8) is 0 Å². The smallest absolute Gasteiger partial charge is 0.144 e. The van der Waals surface area contributed by atoms with Gasteiger partial charge in [0.05, 0.1) is 16.8 Å². The van der Waals surface area contributed by atoms with Gasteiger partial charge in [0, 0.05) is 19.6 Å². The van der Waals surface area contributed by atoms with Crippen LogP contribution in [0, 0.1) is 11.8 Å². The molecule has 1 aromatic rings. The third kappa shape index (κ3) is 2.58. The minimum Gasteiger partial charge on any atom is -0.378 e. The molecule has 0 aromatic carbocycles. The molecule has 2 aliphatic carbocycles. The summed E-state index contributed by atoms with van der Waals surface area (Å²) < 4.78 is 6.21. The number of methoxy groups -OCH3 is 1. The van der Waals surface area contributed by atoms with Gasteiger partial charge in [-0.05, 0) is 54.0 Å². The summed E-state index contributed by atoms with van der Waals surface area (Å²) in [6, 6.07) is 0. The van der Waals surface area contributed by atoms with E-state index < -0.39 is 0 Å². The van der Waals surface area contributed by atoms with Crippen LogP contribution in [0.25, 0.3) is 0 Å². The van der Waals surface area contributed by atoms with Crippen molar-refractivity contribution in [1.29, 1.82) is 0 Å². The lowest BCUT2D eigenvalue weighted by molar-refractivity contribution is 0.180. The van der Waals surface area contributed by atoms with Crippen LogP contribution in [-0.4, -0.2) is 23.6 Å². The molecule has 1 heterocycles. The van der Waals surface area contributed by atoms with Gasteiger partial charge in [-0.2, -0.15) is 0 Å². The zero-order chi connectivity index (χ0) is 14.1. The molecule has 0 aliphatic heterocycles. The van der Waals surface area contributed by atoms with Crippen molar-refractivity contribution >= 4 is 21.7 Å². The van der Waals surface area contributed by atoms with E-state index in [4.69, 9.17) is 14.7 Å². The molecule has 0 saturated heterocycles. The Hall–Kier alpha value is -0.680. The highest BCUT2D eigenvalue weighted by Gasteiger charge is 2.41. The van der Waals surface area contributed by atoms with Crippen LogP contribution in [0.4, 0.5) is 5.82 Å². The number of nitrogens with zero attached hydrogens (tertiary/aromatic N) is 2. The Balaban J connectivity index is 1.93. The quantitative estimate of drug-likeness (QED) is 0.887. The first-order chi connectivity index (χ1) is 9.72. The summed E-state index contributed by atoms with van der Waals surface area (Å²) in [5.74, 6) is 4.18. The first-order valence-corrected chi connectivity index (χ1v) is 8.31. The molecule has 0 amide bonds. The predicted molar refractivity (Wildman–Crippen MR) is 82.8 cm³/mol. The van der Waals surface area contributed by atoms with E-state index in [0.29, 0.717) is 12.5 Å². The second-order valence-corrected chi connectivity index (χ2v) is 6.73. The lowest BCUT2D eigenvalue weighted by atomic mass is 9.88. The molecule has 3 atom stereocenters. The van der Waals surface area contributed by atoms with Crippen molar-refractivity contribution in [3.05, 3.63) is 16.0 Å². The molecule has 2 saturated carbocycles. The number of halogens is 1. The molecular weight excluding hydrogens is 318 g/mol. The van der Waals surface area contributed by atoms with Crippen molar-refractivity contribution in [1.82, 2.24) is 9.97 Å². The lowest BCUT2D eigenvalue weighted by Gasteiger charge is -2.22. The monoisotopic (exact) mass is 339 g/mol. The molecule has 3 unspecified atom stereocenters. The summed E-state index contributed by atoms with van der Waals surface area (Å²) in [5, 5.41) is 3.33. The van der Waals surface area contributed by atoms with Gasteiger partial charge in [0.15, 0.2) is 0 Å². The minimum absolute atomic E-state index is 0.523. The zero-order valence-electron chi connectivity index (χ0n) is 12.2. The molecule has 20 heavy (non-hydrogen) atoms. The van der Waals surface area contributed by atoms with E-state index in [1.807, 2.05) is 0 Å². The Kier molecular flexibility index (Phi) is 4.26. The van der Waals surface area contributed by atoms with Gasteiger partial charge < -0.3 is 10.1 Å². The van der Waals surface area contributed by atoms with Crippen molar-refractivity contribution in [2.75, 3.05) is 19.0 Å². The van der Waals surface area contributed by atoms with Gasteiger partial charge in [0.2, 0.25) is 0 Å². The maximum atomic E-state index is 5.27. The minimum atomic E-state index is 0.523. The number of ether oxygens (including phenoxy) is 1. The van der Waals surface area contributed by atoms with Crippen molar-refractivity contribution < 1.29 is 4.74 Å². The van der Waals surface area contributed by atoms with E-state index in [1.54, 1.807) is 7.11 Å². The first-order valence-electron chi connectivity index (χ1n) is 7.52. The fourth-order valence-corrected chi connectivity index (χ4v) is 4.19. The van der Waals surface area contributed by atoms with Crippen LogP contribution >= 0.6 is 15.9 Å². The molecule has 2 bridgehead atoms. The van der Waals surface area contributed by atoms with Crippen LogP contribution in [-0.2, 0) is 11.3 Å². The van der Waals surface area contributed by atoms with Crippen LogP contribution in [0.2, 0.25) is 0 Å². The van der Waals surface area contributed by atoms with Gasteiger partial charge in [-0.25, -0.2) is 9.97 Å². The summed E-state index contributed by atoms with van der Waals surface area (Å²) >= 11 is 3.60. The van der Waals surface area contributed by atoms with Crippen LogP contribution in [0.15, 0.2) is 4.47 Å². The summed E-state index contributed by atoms with van der Waals surface area (Å²) in [6.45, 7) is 3.47. The number of fused-ring (bicyclic) bond motifs is 2. The molecule has 3 rings (SSSR count). The highest BCUT2D eigenvalue weighted by molar-refractivity contribution is 9.10. The Morgan fingerprint density at radius 3 is 2.75 bits per heavy atom. The SMILES string of the molecule is CCNc1nc(C2CC3CCC2C3)nc(COC)c1Br. The molecule has 2 fully saturated rings. The van der Waals surface area contributed by atoms with Crippen LogP contribution in [0.5, 0.6) is 0 Å². The van der Waals surface area contributed by atoms with Crippen molar-refractivity contribution in [2.24, 2.45) is 11.8 Å². The zero-order valence-corrected chi connectivity index (χ0v) is 13.7. The van der Waals surface area contributed by atoms with Gasteiger partial charge in [-0.1, -0.05) is 6.42 Å². The van der Waals surface area contributed by atoms with Crippen molar-refractivity contribution in [2.45, 2.75) is 45.1 Å². The van der Waals surface area contributed by atoms with Gasteiger partial charge >= 0.3 is 0 Å². The third-order valence-electron chi connectivity index (χ3n) is 4.63.